The van der Waals surface area contributed by atoms with Gasteiger partial charge in [-0.1, -0.05) is 17.7 Å². The van der Waals surface area contributed by atoms with E-state index in [0.29, 0.717) is 29.2 Å². The van der Waals surface area contributed by atoms with Gasteiger partial charge >= 0.3 is 0 Å². The van der Waals surface area contributed by atoms with Crippen molar-refractivity contribution < 1.29 is 4.39 Å². The Hall–Kier alpha value is -1.76. The molecule has 0 radical (unpaired) electrons. The maximum atomic E-state index is 14.1. The maximum absolute atomic E-state index is 14.1. The van der Waals surface area contributed by atoms with E-state index in [0.717, 1.165) is 42.8 Å². The van der Waals surface area contributed by atoms with Gasteiger partial charge in [0, 0.05) is 34.1 Å². The van der Waals surface area contributed by atoms with Crippen molar-refractivity contribution in [3.05, 3.63) is 51.4 Å². The van der Waals surface area contributed by atoms with Crippen molar-refractivity contribution in [1.82, 2.24) is 14.9 Å². The van der Waals surface area contributed by atoms with E-state index in [2.05, 4.69) is 27.2 Å². The summed E-state index contributed by atoms with van der Waals surface area (Å²) >= 11 is 8.05. The molecule has 5 rings (SSSR count). The quantitative estimate of drug-likeness (QED) is 0.537. The summed E-state index contributed by atoms with van der Waals surface area (Å²) in [6, 6.07) is 5.76. The molecule has 0 atom stereocenters. The number of thiophene rings is 1. The van der Waals surface area contributed by atoms with Gasteiger partial charge in [0.15, 0.2) is 0 Å². The first kappa shape index (κ1) is 20.2. The third-order valence-electron chi connectivity index (χ3n) is 6.63. The molecule has 4 nitrogen and oxygen atoms in total. The van der Waals surface area contributed by atoms with E-state index < -0.39 is 0 Å². The Balaban J connectivity index is 1.23. The smallest absolute Gasteiger partial charge is 0.138 e. The van der Waals surface area contributed by atoms with Crippen molar-refractivity contribution in [3.8, 4) is 0 Å². The summed E-state index contributed by atoms with van der Waals surface area (Å²) in [6.07, 6.45) is 9.58. The average Bonchev–Trinajstić information content (AvgIpc) is 3.33. The van der Waals surface area contributed by atoms with E-state index in [4.69, 9.17) is 11.6 Å². The van der Waals surface area contributed by atoms with Crippen molar-refractivity contribution in [2.24, 2.45) is 0 Å². The van der Waals surface area contributed by atoms with E-state index >= 15 is 0 Å². The second kappa shape index (κ2) is 8.40. The van der Waals surface area contributed by atoms with Crippen molar-refractivity contribution in [2.45, 2.75) is 63.6 Å². The molecule has 2 aliphatic rings. The topological polar surface area (TPSA) is 41.0 Å². The molecule has 0 amide bonds. The number of aryl methyl sites for hydroxylation is 2. The Labute approximate surface area is 185 Å². The molecular weight excluding hydrogens is 419 g/mol. The lowest BCUT2D eigenvalue weighted by atomic mass is 9.90. The summed E-state index contributed by atoms with van der Waals surface area (Å²) < 4.78 is 14.1. The molecule has 2 heterocycles. The Morgan fingerprint density at radius 2 is 2.03 bits per heavy atom. The van der Waals surface area contributed by atoms with Crippen LogP contribution in [-0.4, -0.2) is 34.0 Å². The summed E-state index contributed by atoms with van der Waals surface area (Å²) in [4.78, 5) is 14.0. The molecule has 0 bridgehead atoms. The van der Waals surface area contributed by atoms with Gasteiger partial charge in [-0.05, 0) is 69.7 Å². The van der Waals surface area contributed by atoms with E-state index in [1.165, 1.54) is 34.7 Å². The molecular formula is C23H26ClFN4S. The molecule has 0 unspecified atom stereocenters. The first-order valence-corrected chi connectivity index (χ1v) is 11.9. The van der Waals surface area contributed by atoms with Crippen LogP contribution >= 0.6 is 22.9 Å². The van der Waals surface area contributed by atoms with Crippen LogP contribution in [-0.2, 0) is 19.4 Å². The predicted octanol–water partition coefficient (Wildman–Crippen LogP) is 5.83. The number of rotatable bonds is 5. The normalized spacial score (nSPS) is 21.3. The van der Waals surface area contributed by atoms with Crippen molar-refractivity contribution in [2.75, 3.05) is 12.4 Å². The summed E-state index contributed by atoms with van der Waals surface area (Å²) in [5.74, 6) is 0.787. The second-order valence-corrected chi connectivity index (χ2v) is 10.0. The SMILES string of the molecule is CN(Cc1c(F)cccc1Cl)C1CCC(Nc2ncnc3sc4c(c23)CCC4)CC1. The number of benzene rings is 1. The lowest BCUT2D eigenvalue weighted by Gasteiger charge is -2.35. The number of nitrogens with one attached hydrogen (secondary N) is 1. The van der Waals surface area contributed by atoms with Crippen LogP contribution in [0.2, 0.25) is 5.02 Å². The minimum atomic E-state index is -0.222. The van der Waals surface area contributed by atoms with Crippen LogP contribution in [0.5, 0.6) is 0 Å². The Morgan fingerprint density at radius 1 is 1.20 bits per heavy atom. The van der Waals surface area contributed by atoms with E-state index in [1.54, 1.807) is 18.5 Å². The van der Waals surface area contributed by atoms with Gasteiger partial charge in [0.2, 0.25) is 0 Å². The Morgan fingerprint density at radius 3 is 2.83 bits per heavy atom. The Kier molecular flexibility index (Phi) is 5.65. The van der Waals surface area contributed by atoms with Crippen LogP contribution in [0.25, 0.3) is 10.2 Å². The van der Waals surface area contributed by atoms with E-state index in [9.17, 15) is 4.39 Å². The molecule has 0 saturated heterocycles. The van der Waals surface area contributed by atoms with Crippen molar-refractivity contribution in [1.29, 1.82) is 0 Å². The number of fused-ring (bicyclic) bond motifs is 3. The minimum absolute atomic E-state index is 0.222. The molecule has 2 aromatic heterocycles. The van der Waals surface area contributed by atoms with Crippen LogP contribution in [0.1, 0.15) is 48.1 Å². The number of nitrogens with zero attached hydrogens (tertiary/aromatic N) is 3. The van der Waals surface area contributed by atoms with Gasteiger partial charge in [0.1, 0.15) is 22.8 Å². The average molecular weight is 445 g/mol. The van der Waals surface area contributed by atoms with Crippen molar-refractivity contribution >= 4 is 39.0 Å². The standard InChI is InChI=1S/C23H26ClFN4S/c1-29(12-17-18(24)5-3-6-19(17)25)15-10-8-14(9-11-15)28-22-21-16-4-2-7-20(16)30-23(21)27-13-26-22/h3,5-6,13-15H,2,4,7-12H2,1H3,(H,26,27,28). The summed E-state index contributed by atoms with van der Waals surface area (Å²) in [7, 11) is 2.07. The first-order chi connectivity index (χ1) is 14.6. The van der Waals surface area contributed by atoms with Crippen LogP contribution in [0.4, 0.5) is 10.2 Å². The van der Waals surface area contributed by atoms with Gasteiger partial charge in [0.25, 0.3) is 0 Å². The molecule has 0 aliphatic heterocycles. The zero-order chi connectivity index (χ0) is 20.7. The molecule has 1 fully saturated rings. The highest BCUT2D eigenvalue weighted by Crippen LogP contribution is 2.39. The fraction of sp³-hybridized carbons (Fsp3) is 0.478. The number of hydrogen-bond donors (Lipinski definition) is 1. The number of aromatic nitrogens is 2. The molecule has 7 heteroatoms. The molecule has 1 saturated carbocycles. The second-order valence-electron chi connectivity index (χ2n) is 8.52. The lowest BCUT2D eigenvalue weighted by molar-refractivity contribution is 0.177. The fourth-order valence-electron chi connectivity index (χ4n) is 4.95. The third kappa shape index (κ3) is 3.81. The highest BCUT2D eigenvalue weighted by molar-refractivity contribution is 7.19. The highest BCUT2D eigenvalue weighted by Gasteiger charge is 2.27. The number of hydrogen-bond acceptors (Lipinski definition) is 5. The van der Waals surface area contributed by atoms with Gasteiger partial charge in [0.05, 0.1) is 5.39 Å². The first-order valence-electron chi connectivity index (χ1n) is 10.7. The van der Waals surface area contributed by atoms with Gasteiger partial charge in [-0.3, -0.25) is 4.90 Å². The maximum Gasteiger partial charge on any atom is 0.138 e. The minimum Gasteiger partial charge on any atom is -0.367 e. The molecule has 158 valence electrons. The van der Waals surface area contributed by atoms with Gasteiger partial charge < -0.3 is 5.32 Å². The zero-order valence-electron chi connectivity index (χ0n) is 17.1. The Bertz CT molecular complexity index is 1040. The fourth-order valence-corrected chi connectivity index (χ4v) is 6.41. The zero-order valence-corrected chi connectivity index (χ0v) is 18.7. The summed E-state index contributed by atoms with van der Waals surface area (Å²) in [5.41, 5.74) is 2.06. The van der Waals surface area contributed by atoms with Crippen molar-refractivity contribution in [3.63, 3.8) is 0 Å². The molecule has 0 spiro atoms. The highest BCUT2D eigenvalue weighted by atomic mass is 35.5. The molecule has 1 aromatic carbocycles. The molecule has 2 aliphatic carbocycles. The monoisotopic (exact) mass is 444 g/mol. The summed E-state index contributed by atoms with van der Waals surface area (Å²) in [6.45, 7) is 0.543. The third-order valence-corrected chi connectivity index (χ3v) is 8.19. The predicted molar refractivity (Wildman–Crippen MR) is 122 cm³/mol. The van der Waals surface area contributed by atoms with Crippen LogP contribution in [0, 0.1) is 5.82 Å². The van der Waals surface area contributed by atoms with E-state index in [-0.39, 0.29) is 5.82 Å². The molecule has 30 heavy (non-hydrogen) atoms. The molecule has 3 aromatic rings. The van der Waals surface area contributed by atoms with E-state index in [1.807, 2.05) is 11.3 Å². The van der Waals surface area contributed by atoms with Crippen LogP contribution in [0.3, 0.4) is 0 Å². The van der Waals surface area contributed by atoms with Crippen LogP contribution in [0.15, 0.2) is 24.5 Å². The van der Waals surface area contributed by atoms with Crippen LogP contribution < -0.4 is 5.32 Å². The number of halogens is 2. The van der Waals surface area contributed by atoms with Gasteiger partial charge in [-0.2, -0.15) is 0 Å². The lowest BCUT2D eigenvalue weighted by Crippen LogP contribution is -2.38. The van der Waals surface area contributed by atoms with Gasteiger partial charge in [-0.15, -0.1) is 11.3 Å². The summed E-state index contributed by atoms with van der Waals surface area (Å²) in [5, 5.41) is 5.48. The largest absolute Gasteiger partial charge is 0.367 e. The molecule has 1 N–H and O–H groups in total. The van der Waals surface area contributed by atoms with Gasteiger partial charge in [-0.25, -0.2) is 14.4 Å². The number of anilines is 1.